The summed E-state index contributed by atoms with van der Waals surface area (Å²) in [6, 6.07) is 0. The largest absolute Gasteiger partial charge is 0.303 e. The number of hydrogen-bond acceptors (Lipinski definition) is 3. The smallest absolute Gasteiger partial charge is 0.123 e. The maximum Gasteiger partial charge on any atom is 0.123 e. The van der Waals surface area contributed by atoms with Crippen molar-refractivity contribution >= 4 is 17.6 Å². The van der Waals surface area contributed by atoms with Crippen molar-refractivity contribution in [3.05, 3.63) is 15.6 Å². The molecule has 0 saturated carbocycles. The topological polar surface area (TPSA) is 30.0 Å². The number of carbonyl (C=O) groups is 1. The van der Waals surface area contributed by atoms with Gasteiger partial charge in [0.1, 0.15) is 6.29 Å². The van der Waals surface area contributed by atoms with Gasteiger partial charge in [-0.2, -0.15) is 0 Å². The Hall–Kier alpha value is -0.700. The molecule has 0 aliphatic heterocycles. The fourth-order valence-electron chi connectivity index (χ4n) is 1.72. The fourth-order valence-corrected chi connectivity index (χ4v) is 2.87. The van der Waals surface area contributed by atoms with Crippen molar-refractivity contribution in [2.75, 3.05) is 0 Å². The zero-order valence-electron chi connectivity index (χ0n) is 7.75. The zero-order chi connectivity index (χ0) is 9.26. The van der Waals surface area contributed by atoms with Gasteiger partial charge in [0, 0.05) is 10.8 Å². The molecule has 0 aromatic carbocycles. The highest BCUT2D eigenvalue weighted by atomic mass is 32.1. The second-order valence-electron chi connectivity index (χ2n) is 3.47. The van der Waals surface area contributed by atoms with Crippen molar-refractivity contribution in [1.29, 1.82) is 0 Å². The number of nitrogens with zero attached hydrogens (tertiary/aromatic N) is 1. The predicted molar refractivity (Wildman–Crippen MR) is 53.1 cm³/mol. The predicted octanol–water partition coefficient (Wildman–Crippen LogP) is 2.01. The molecule has 1 aliphatic rings. The summed E-state index contributed by atoms with van der Waals surface area (Å²) < 4.78 is 0. The summed E-state index contributed by atoms with van der Waals surface area (Å²) in [6.07, 6.45) is 5.02. The summed E-state index contributed by atoms with van der Waals surface area (Å²) in [7, 11) is 0. The van der Waals surface area contributed by atoms with Crippen molar-refractivity contribution in [2.45, 2.75) is 32.6 Å². The molecule has 0 radical (unpaired) electrons. The lowest BCUT2D eigenvalue weighted by Crippen LogP contribution is -2.13. The van der Waals surface area contributed by atoms with E-state index >= 15 is 0 Å². The van der Waals surface area contributed by atoms with E-state index in [9.17, 15) is 4.79 Å². The third-order valence-corrected chi connectivity index (χ3v) is 3.78. The molecule has 0 spiro atoms. The molecule has 0 amide bonds. The zero-order valence-corrected chi connectivity index (χ0v) is 8.56. The van der Waals surface area contributed by atoms with Crippen molar-refractivity contribution in [1.82, 2.24) is 4.98 Å². The molecule has 1 aromatic rings. The van der Waals surface area contributed by atoms with Crippen LogP contribution in [0.5, 0.6) is 0 Å². The first-order chi connectivity index (χ1) is 6.33. The quantitative estimate of drug-likeness (QED) is 0.676. The van der Waals surface area contributed by atoms with Gasteiger partial charge in [-0.1, -0.05) is 6.92 Å². The Labute approximate surface area is 82.0 Å². The minimum atomic E-state index is 0.248. The minimum absolute atomic E-state index is 0.248. The van der Waals surface area contributed by atoms with Crippen molar-refractivity contribution in [3.63, 3.8) is 0 Å². The van der Waals surface area contributed by atoms with Gasteiger partial charge in [0.05, 0.1) is 10.7 Å². The van der Waals surface area contributed by atoms with Gasteiger partial charge < -0.3 is 4.79 Å². The van der Waals surface area contributed by atoms with E-state index in [-0.39, 0.29) is 5.92 Å². The Morgan fingerprint density at radius 2 is 2.54 bits per heavy atom. The number of aldehydes is 1. The van der Waals surface area contributed by atoms with Crippen LogP contribution in [0.2, 0.25) is 0 Å². The Balaban J connectivity index is 2.24. The number of aromatic nitrogens is 1. The molecule has 13 heavy (non-hydrogen) atoms. The Kier molecular flexibility index (Phi) is 2.44. The summed E-state index contributed by atoms with van der Waals surface area (Å²) in [4.78, 5) is 16.5. The lowest BCUT2D eigenvalue weighted by Gasteiger charge is -2.14. The summed E-state index contributed by atoms with van der Waals surface area (Å²) in [5.41, 5.74) is 1.25. The highest BCUT2D eigenvalue weighted by Crippen LogP contribution is 2.29. The lowest BCUT2D eigenvalue weighted by molar-refractivity contribution is -0.111. The Morgan fingerprint density at radius 3 is 3.23 bits per heavy atom. The first-order valence-electron chi connectivity index (χ1n) is 4.76. The van der Waals surface area contributed by atoms with Crippen LogP contribution < -0.4 is 0 Å². The highest BCUT2D eigenvalue weighted by molar-refractivity contribution is 7.11. The molecule has 1 aliphatic carbocycles. The van der Waals surface area contributed by atoms with Crippen LogP contribution in [0.15, 0.2) is 0 Å². The van der Waals surface area contributed by atoms with Crippen LogP contribution in [0.1, 0.15) is 28.9 Å². The van der Waals surface area contributed by atoms with Gasteiger partial charge in [0.15, 0.2) is 0 Å². The van der Waals surface area contributed by atoms with E-state index in [0.717, 1.165) is 32.0 Å². The molecule has 3 heteroatoms. The number of carbonyl (C=O) groups excluding carboxylic acids is 1. The van der Waals surface area contributed by atoms with Crippen LogP contribution in [0.3, 0.4) is 0 Å². The average molecular weight is 195 g/mol. The first-order valence-corrected chi connectivity index (χ1v) is 5.58. The minimum Gasteiger partial charge on any atom is -0.303 e. The molecule has 0 bridgehead atoms. The lowest BCUT2D eigenvalue weighted by atomic mass is 9.92. The summed E-state index contributed by atoms with van der Waals surface area (Å²) in [5.74, 6) is 0.248. The van der Waals surface area contributed by atoms with E-state index in [1.54, 1.807) is 11.3 Å². The second kappa shape index (κ2) is 3.58. The van der Waals surface area contributed by atoms with Gasteiger partial charge in [-0.25, -0.2) is 4.98 Å². The van der Waals surface area contributed by atoms with Gasteiger partial charge >= 0.3 is 0 Å². The number of rotatable bonds is 2. The molecule has 1 aromatic heterocycles. The molecule has 0 saturated heterocycles. The number of thiazole rings is 1. The van der Waals surface area contributed by atoms with Crippen molar-refractivity contribution in [2.24, 2.45) is 5.92 Å². The summed E-state index contributed by atoms with van der Waals surface area (Å²) in [6.45, 7) is 2.13. The van der Waals surface area contributed by atoms with Crippen LogP contribution in [-0.4, -0.2) is 11.3 Å². The van der Waals surface area contributed by atoms with Crippen molar-refractivity contribution in [3.8, 4) is 0 Å². The van der Waals surface area contributed by atoms with Gasteiger partial charge in [-0.3, -0.25) is 0 Å². The molecular formula is C10H13NOS. The van der Waals surface area contributed by atoms with E-state index in [4.69, 9.17) is 0 Å². The summed E-state index contributed by atoms with van der Waals surface area (Å²) >= 11 is 1.78. The Morgan fingerprint density at radius 1 is 1.69 bits per heavy atom. The van der Waals surface area contributed by atoms with Crippen LogP contribution in [-0.2, 0) is 24.1 Å². The van der Waals surface area contributed by atoms with E-state index in [2.05, 4.69) is 11.9 Å². The first kappa shape index (κ1) is 8.88. The van der Waals surface area contributed by atoms with E-state index in [1.807, 2.05) is 0 Å². The van der Waals surface area contributed by atoms with Gasteiger partial charge in [0.2, 0.25) is 0 Å². The van der Waals surface area contributed by atoms with Gasteiger partial charge in [-0.15, -0.1) is 11.3 Å². The molecule has 2 rings (SSSR count). The van der Waals surface area contributed by atoms with Crippen molar-refractivity contribution < 1.29 is 4.79 Å². The normalized spacial score (nSPS) is 21.2. The maximum absolute atomic E-state index is 10.6. The van der Waals surface area contributed by atoms with Gasteiger partial charge in [0.25, 0.3) is 0 Å². The standard InChI is InChI=1S/C10H13NOS/c1-2-10-11-8-4-3-7(6-12)5-9(8)13-10/h6-7H,2-5H2,1H3. The monoisotopic (exact) mass is 195 g/mol. The molecular weight excluding hydrogens is 182 g/mol. The maximum atomic E-state index is 10.6. The van der Waals surface area contributed by atoms with E-state index in [0.29, 0.717) is 0 Å². The van der Waals surface area contributed by atoms with Crippen LogP contribution in [0.25, 0.3) is 0 Å². The Bertz CT molecular complexity index is 319. The number of fused-ring (bicyclic) bond motifs is 1. The molecule has 70 valence electrons. The van der Waals surface area contributed by atoms with E-state index < -0.39 is 0 Å². The van der Waals surface area contributed by atoms with Crippen LogP contribution >= 0.6 is 11.3 Å². The average Bonchev–Trinajstić information content (AvgIpc) is 2.58. The second-order valence-corrected chi connectivity index (χ2v) is 4.64. The number of hydrogen-bond donors (Lipinski definition) is 0. The fraction of sp³-hybridized carbons (Fsp3) is 0.600. The molecule has 0 fully saturated rings. The molecule has 0 N–H and O–H groups in total. The van der Waals surface area contributed by atoms with E-state index in [1.165, 1.54) is 15.6 Å². The van der Waals surface area contributed by atoms with Crippen LogP contribution in [0.4, 0.5) is 0 Å². The molecule has 1 unspecified atom stereocenters. The molecule has 1 atom stereocenters. The molecule has 2 nitrogen and oxygen atoms in total. The third kappa shape index (κ3) is 1.66. The summed E-state index contributed by atoms with van der Waals surface area (Å²) in [5, 5.41) is 1.22. The highest BCUT2D eigenvalue weighted by Gasteiger charge is 2.21. The van der Waals surface area contributed by atoms with Crippen LogP contribution in [0, 0.1) is 5.92 Å². The third-order valence-electron chi connectivity index (χ3n) is 2.52. The number of aryl methyl sites for hydroxylation is 2. The molecule has 1 heterocycles. The SMILES string of the molecule is CCc1nc2c(s1)CC(C=O)CC2. The van der Waals surface area contributed by atoms with Gasteiger partial charge in [-0.05, 0) is 25.7 Å².